The smallest absolute Gasteiger partial charge is 0.210 e. The summed E-state index contributed by atoms with van der Waals surface area (Å²) >= 11 is 3.16. The number of hydrogen-bond acceptors (Lipinski definition) is 8. The van der Waals surface area contributed by atoms with Crippen LogP contribution in [0.5, 0.6) is 0 Å². The summed E-state index contributed by atoms with van der Waals surface area (Å²) in [6.07, 6.45) is 1.52. The van der Waals surface area contributed by atoms with Gasteiger partial charge in [0.15, 0.2) is 11.6 Å². The number of aromatic nitrogens is 6. The van der Waals surface area contributed by atoms with E-state index in [1.807, 2.05) is 26.0 Å². The second kappa shape index (κ2) is 8.45. The van der Waals surface area contributed by atoms with E-state index < -0.39 is 0 Å². The first-order valence-corrected chi connectivity index (χ1v) is 10.3. The molecule has 138 valence electrons. The van der Waals surface area contributed by atoms with Crippen LogP contribution in [0.1, 0.15) is 36.6 Å². The fraction of sp³-hybridized carbons (Fsp3) is 0.375. The number of nitrogens with two attached hydrogens (primary N) is 2. The molecular formula is C16H22N8S2. The van der Waals surface area contributed by atoms with Crippen LogP contribution in [0.2, 0.25) is 0 Å². The highest BCUT2D eigenvalue weighted by Crippen LogP contribution is 2.27. The van der Waals surface area contributed by atoms with Crippen molar-refractivity contribution in [1.82, 2.24) is 29.7 Å². The highest BCUT2D eigenvalue weighted by molar-refractivity contribution is 7.98. The molecule has 10 heteroatoms. The quantitative estimate of drug-likeness (QED) is 0.443. The summed E-state index contributed by atoms with van der Waals surface area (Å²) < 4.78 is 3.12. The van der Waals surface area contributed by atoms with Gasteiger partial charge in [-0.3, -0.25) is 0 Å². The van der Waals surface area contributed by atoms with Gasteiger partial charge in [-0.05, 0) is 11.1 Å². The van der Waals surface area contributed by atoms with Crippen LogP contribution in [-0.4, -0.2) is 29.7 Å². The molecule has 3 rings (SSSR count). The zero-order chi connectivity index (χ0) is 18.5. The Bertz CT molecular complexity index is 802. The molecule has 0 radical (unpaired) electrons. The van der Waals surface area contributed by atoms with E-state index in [1.54, 1.807) is 32.9 Å². The average molecular weight is 391 g/mol. The van der Waals surface area contributed by atoms with Crippen molar-refractivity contribution in [3.8, 4) is 0 Å². The molecule has 0 bridgehead atoms. The first-order chi connectivity index (χ1) is 12.6. The highest BCUT2D eigenvalue weighted by Gasteiger charge is 2.12. The Hall–Kier alpha value is -2.20. The zero-order valence-corrected chi connectivity index (χ0v) is 16.4. The number of aryl methyl sites for hydroxylation is 2. The van der Waals surface area contributed by atoms with Crippen LogP contribution in [0.4, 0.5) is 0 Å². The third kappa shape index (κ3) is 3.96. The van der Waals surface area contributed by atoms with Crippen LogP contribution in [0.25, 0.3) is 0 Å². The molecule has 2 heterocycles. The van der Waals surface area contributed by atoms with Crippen molar-refractivity contribution in [2.45, 2.75) is 48.5 Å². The minimum atomic E-state index is 0.721. The molecule has 0 fully saturated rings. The molecule has 2 aromatic heterocycles. The molecule has 0 saturated carbocycles. The van der Waals surface area contributed by atoms with Gasteiger partial charge in [-0.15, -0.1) is 20.4 Å². The molecule has 0 spiro atoms. The highest BCUT2D eigenvalue weighted by atomic mass is 32.2. The third-order valence-corrected chi connectivity index (χ3v) is 5.92. The van der Waals surface area contributed by atoms with E-state index in [9.17, 15) is 0 Å². The van der Waals surface area contributed by atoms with Crippen LogP contribution >= 0.6 is 23.5 Å². The Kier molecular flexibility index (Phi) is 6.04. The van der Waals surface area contributed by atoms with E-state index in [0.29, 0.717) is 0 Å². The van der Waals surface area contributed by atoms with Crippen LogP contribution in [0, 0.1) is 0 Å². The van der Waals surface area contributed by atoms with E-state index in [2.05, 4.69) is 32.5 Å². The molecule has 8 nitrogen and oxygen atoms in total. The number of thioether (sulfide) groups is 2. The standard InChI is InChI=1S/C16H22N8S2/c1-3-13-19-21-15(23(13)17)25-9-11-7-5-6-8-12(11)10-26-16-22-20-14(4-2)24(16)18/h5-8H,3-4,9-10,17-18H2,1-2H3. The summed E-state index contributed by atoms with van der Waals surface area (Å²) in [6.45, 7) is 4.02. The molecule has 0 aliphatic heterocycles. The molecule has 3 aromatic rings. The van der Waals surface area contributed by atoms with Crippen molar-refractivity contribution in [2.75, 3.05) is 11.7 Å². The maximum atomic E-state index is 6.02. The van der Waals surface area contributed by atoms with Gasteiger partial charge < -0.3 is 11.7 Å². The van der Waals surface area contributed by atoms with E-state index >= 15 is 0 Å². The number of benzene rings is 1. The van der Waals surface area contributed by atoms with Crippen LogP contribution in [0.3, 0.4) is 0 Å². The Morgan fingerprint density at radius 3 is 1.54 bits per heavy atom. The summed E-state index contributed by atoms with van der Waals surface area (Å²) in [4.78, 5) is 0. The van der Waals surface area contributed by atoms with Gasteiger partial charge in [0.25, 0.3) is 0 Å². The van der Waals surface area contributed by atoms with Gasteiger partial charge in [0, 0.05) is 24.3 Å². The third-order valence-electron chi connectivity index (χ3n) is 3.93. The largest absolute Gasteiger partial charge is 0.336 e. The fourth-order valence-electron chi connectivity index (χ4n) is 2.42. The first kappa shape index (κ1) is 18.6. The summed E-state index contributed by atoms with van der Waals surface area (Å²) in [6, 6.07) is 8.31. The Balaban J connectivity index is 1.67. The van der Waals surface area contributed by atoms with E-state index in [-0.39, 0.29) is 0 Å². The van der Waals surface area contributed by atoms with Gasteiger partial charge in [0.05, 0.1) is 0 Å². The Morgan fingerprint density at radius 2 is 1.19 bits per heavy atom. The van der Waals surface area contributed by atoms with Gasteiger partial charge in [-0.25, -0.2) is 9.35 Å². The van der Waals surface area contributed by atoms with E-state index in [4.69, 9.17) is 11.7 Å². The molecule has 0 aliphatic rings. The predicted octanol–water partition coefficient (Wildman–Crippen LogP) is 2.01. The number of nitrogens with zero attached hydrogens (tertiary/aromatic N) is 6. The number of rotatable bonds is 8. The molecule has 0 amide bonds. The molecule has 0 saturated heterocycles. The monoisotopic (exact) mass is 390 g/mol. The lowest BCUT2D eigenvalue weighted by Crippen LogP contribution is -2.13. The van der Waals surface area contributed by atoms with Crippen LogP contribution < -0.4 is 11.7 Å². The van der Waals surface area contributed by atoms with Gasteiger partial charge in [0.2, 0.25) is 10.3 Å². The van der Waals surface area contributed by atoms with Crippen LogP contribution in [-0.2, 0) is 24.3 Å². The second-order valence-electron chi connectivity index (χ2n) is 5.59. The Morgan fingerprint density at radius 1 is 0.769 bits per heavy atom. The number of nitrogen functional groups attached to an aromatic ring is 2. The van der Waals surface area contributed by atoms with Crippen LogP contribution in [0.15, 0.2) is 34.6 Å². The lowest BCUT2D eigenvalue weighted by Gasteiger charge is -2.09. The lowest BCUT2D eigenvalue weighted by atomic mass is 10.1. The average Bonchev–Trinajstić information content (AvgIpc) is 3.20. The molecule has 0 atom stereocenters. The topological polar surface area (TPSA) is 113 Å². The maximum absolute atomic E-state index is 6.02. The van der Waals surface area contributed by atoms with Crippen molar-refractivity contribution in [3.05, 3.63) is 47.0 Å². The van der Waals surface area contributed by atoms with Crippen molar-refractivity contribution in [1.29, 1.82) is 0 Å². The summed E-state index contributed by atoms with van der Waals surface area (Å²) in [7, 11) is 0. The van der Waals surface area contributed by atoms with Gasteiger partial charge >= 0.3 is 0 Å². The second-order valence-corrected chi connectivity index (χ2v) is 7.48. The predicted molar refractivity (Wildman–Crippen MR) is 105 cm³/mol. The summed E-state index contributed by atoms with van der Waals surface area (Å²) in [5, 5.41) is 17.9. The number of hydrogen-bond donors (Lipinski definition) is 2. The molecule has 26 heavy (non-hydrogen) atoms. The van der Waals surface area contributed by atoms with Gasteiger partial charge in [-0.2, -0.15) is 0 Å². The summed E-state index contributed by atoms with van der Waals surface area (Å²) in [5.41, 5.74) is 2.45. The van der Waals surface area contributed by atoms with Crippen molar-refractivity contribution < 1.29 is 0 Å². The van der Waals surface area contributed by atoms with Crippen molar-refractivity contribution in [3.63, 3.8) is 0 Å². The SMILES string of the molecule is CCc1nnc(SCc2ccccc2CSc2nnc(CC)n2N)n1N. The minimum Gasteiger partial charge on any atom is -0.336 e. The lowest BCUT2D eigenvalue weighted by molar-refractivity contribution is 0.795. The maximum Gasteiger partial charge on any atom is 0.210 e. The summed E-state index contributed by atoms with van der Waals surface area (Å²) in [5.74, 6) is 15.1. The minimum absolute atomic E-state index is 0.721. The first-order valence-electron chi connectivity index (χ1n) is 8.35. The molecule has 4 N–H and O–H groups in total. The van der Waals surface area contributed by atoms with Crippen molar-refractivity contribution in [2.24, 2.45) is 0 Å². The van der Waals surface area contributed by atoms with Gasteiger partial charge in [-0.1, -0.05) is 61.6 Å². The van der Waals surface area contributed by atoms with E-state index in [0.717, 1.165) is 46.3 Å². The molecular weight excluding hydrogens is 368 g/mol. The van der Waals surface area contributed by atoms with Gasteiger partial charge in [0.1, 0.15) is 0 Å². The molecule has 0 unspecified atom stereocenters. The molecule has 0 aliphatic carbocycles. The van der Waals surface area contributed by atoms with Crippen molar-refractivity contribution >= 4 is 23.5 Å². The molecule has 1 aromatic carbocycles. The fourth-order valence-corrected chi connectivity index (χ4v) is 4.24. The normalized spacial score (nSPS) is 11.2. The van der Waals surface area contributed by atoms with E-state index in [1.165, 1.54) is 11.1 Å². The Labute approximate surface area is 160 Å². The zero-order valence-electron chi connectivity index (χ0n) is 14.8.